The molecule has 1 aliphatic carbocycles. The van der Waals surface area contributed by atoms with Gasteiger partial charge in [0.05, 0.1) is 18.3 Å². The molecule has 20 heavy (non-hydrogen) atoms. The summed E-state index contributed by atoms with van der Waals surface area (Å²) >= 11 is 0. The second kappa shape index (κ2) is 8.82. The molecular formula is C15H23ClN2O2. The highest BCUT2D eigenvalue weighted by atomic mass is 35.5. The third-order valence-corrected chi connectivity index (χ3v) is 3.50. The van der Waals surface area contributed by atoms with Crippen molar-refractivity contribution in [3.8, 4) is 0 Å². The Morgan fingerprint density at radius 1 is 1.25 bits per heavy atom. The van der Waals surface area contributed by atoms with E-state index in [1.807, 2.05) is 12.1 Å². The molecule has 1 aliphatic rings. The van der Waals surface area contributed by atoms with Crippen molar-refractivity contribution in [1.29, 1.82) is 0 Å². The van der Waals surface area contributed by atoms with Crippen molar-refractivity contribution >= 4 is 24.0 Å². The zero-order valence-corrected chi connectivity index (χ0v) is 12.5. The van der Waals surface area contributed by atoms with Crippen LogP contribution in [0, 0.1) is 0 Å². The van der Waals surface area contributed by atoms with Crippen molar-refractivity contribution in [1.82, 2.24) is 5.32 Å². The third kappa shape index (κ3) is 5.02. The van der Waals surface area contributed by atoms with Crippen molar-refractivity contribution in [3.63, 3.8) is 0 Å². The van der Waals surface area contributed by atoms with E-state index in [0.29, 0.717) is 30.5 Å². The standard InChI is InChI=1S/C15H22N2O2.ClH/c16-14-9-5-4-8-13(14)15(18)17-10-11-19-12-6-2-1-3-7-12;/h4-5,8-9,12H,1-3,6-7,10-11,16H2,(H,17,18);1H. The fourth-order valence-electron chi connectivity index (χ4n) is 2.42. The van der Waals surface area contributed by atoms with E-state index in [1.165, 1.54) is 19.3 Å². The van der Waals surface area contributed by atoms with E-state index in [1.54, 1.807) is 12.1 Å². The van der Waals surface area contributed by atoms with Crippen molar-refractivity contribution < 1.29 is 9.53 Å². The Kier molecular flexibility index (Phi) is 7.41. The number of ether oxygens (including phenoxy) is 1. The van der Waals surface area contributed by atoms with Crippen LogP contribution in [0.2, 0.25) is 0 Å². The van der Waals surface area contributed by atoms with Crippen molar-refractivity contribution in [2.75, 3.05) is 18.9 Å². The molecule has 1 aromatic rings. The van der Waals surface area contributed by atoms with Crippen LogP contribution in [0.1, 0.15) is 42.5 Å². The molecule has 1 saturated carbocycles. The minimum atomic E-state index is -0.134. The Morgan fingerprint density at radius 2 is 1.95 bits per heavy atom. The van der Waals surface area contributed by atoms with Gasteiger partial charge in [-0.25, -0.2) is 0 Å². The van der Waals surface area contributed by atoms with Crippen LogP contribution in [-0.2, 0) is 4.74 Å². The Morgan fingerprint density at radius 3 is 2.65 bits per heavy atom. The lowest BCUT2D eigenvalue weighted by Gasteiger charge is -2.22. The molecule has 1 aromatic carbocycles. The zero-order chi connectivity index (χ0) is 13.5. The lowest BCUT2D eigenvalue weighted by Crippen LogP contribution is -2.29. The van der Waals surface area contributed by atoms with Gasteiger partial charge >= 0.3 is 0 Å². The summed E-state index contributed by atoms with van der Waals surface area (Å²) < 4.78 is 5.75. The summed E-state index contributed by atoms with van der Waals surface area (Å²) in [7, 11) is 0. The molecule has 5 heteroatoms. The molecule has 0 unspecified atom stereocenters. The normalized spacial score (nSPS) is 15.4. The van der Waals surface area contributed by atoms with E-state index < -0.39 is 0 Å². The maximum atomic E-state index is 11.9. The SMILES string of the molecule is Cl.Nc1ccccc1C(=O)NCCOC1CCCCC1. The Labute approximate surface area is 126 Å². The van der Waals surface area contributed by atoms with E-state index in [2.05, 4.69) is 5.32 Å². The number of hydrogen-bond donors (Lipinski definition) is 2. The molecule has 0 aliphatic heterocycles. The number of rotatable bonds is 5. The first-order chi connectivity index (χ1) is 9.27. The van der Waals surface area contributed by atoms with Crippen LogP contribution in [-0.4, -0.2) is 25.2 Å². The fraction of sp³-hybridized carbons (Fsp3) is 0.533. The minimum absolute atomic E-state index is 0. The highest BCUT2D eigenvalue weighted by Gasteiger charge is 2.13. The maximum Gasteiger partial charge on any atom is 0.253 e. The van der Waals surface area contributed by atoms with Gasteiger partial charge in [-0.1, -0.05) is 31.4 Å². The first kappa shape index (κ1) is 16.8. The summed E-state index contributed by atoms with van der Waals surface area (Å²) in [6.45, 7) is 1.10. The summed E-state index contributed by atoms with van der Waals surface area (Å²) in [4.78, 5) is 11.9. The van der Waals surface area contributed by atoms with Crippen LogP contribution in [0.4, 0.5) is 5.69 Å². The summed E-state index contributed by atoms with van der Waals surface area (Å²) in [6.07, 6.45) is 6.53. The largest absolute Gasteiger partial charge is 0.398 e. The van der Waals surface area contributed by atoms with E-state index in [-0.39, 0.29) is 18.3 Å². The molecule has 2 rings (SSSR count). The summed E-state index contributed by atoms with van der Waals surface area (Å²) in [6, 6.07) is 7.09. The number of amides is 1. The van der Waals surface area contributed by atoms with Crippen LogP contribution in [0.5, 0.6) is 0 Å². The molecule has 3 N–H and O–H groups in total. The van der Waals surface area contributed by atoms with Gasteiger partial charge in [0.1, 0.15) is 0 Å². The number of nitrogens with two attached hydrogens (primary N) is 1. The van der Waals surface area contributed by atoms with Crippen LogP contribution >= 0.6 is 12.4 Å². The Hall–Kier alpha value is -1.26. The van der Waals surface area contributed by atoms with E-state index >= 15 is 0 Å². The van der Waals surface area contributed by atoms with Crippen LogP contribution in [0.15, 0.2) is 24.3 Å². The molecule has 0 saturated heterocycles. The number of carbonyl (C=O) groups is 1. The van der Waals surface area contributed by atoms with Crippen molar-refractivity contribution in [3.05, 3.63) is 29.8 Å². The molecule has 0 aromatic heterocycles. The van der Waals surface area contributed by atoms with Crippen molar-refractivity contribution in [2.24, 2.45) is 0 Å². The number of halogens is 1. The summed E-state index contributed by atoms with van der Waals surface area (Å²) in [5.74, 6) is -0.134. The van der Waals surface area contributed by atoms with E-state index in [4.69, 9.17) is 10.5 Å². The second-order valence-corrected chi connectivity index (χ2v) is 4.97. The van der Waals surface area contributed by atoms with Gasteiger partial charge in [0.15, 0.2) is 0 Å². The summed E-state index contributed by atoms with van der Waals surface area (Å²) in [5.41, 5.74) is 6.79. The average Bonchev–Trinajstić information content (AvgIpc) is 2.45. The molecule has 0 heterocycles. The molecule has 4 nitrogen and oxygen atoms in total. The van der Waals surface area contributed by atoms with Gasteiger partial charge in [0, 0.05) is 12.2 Å². The Bertz CT molecular complexity index is 420. The number of hydrogen-bond acceptors (Lipinski definition) is 3. The number of nitrogen functional groups attached to an aromatic ring is 1. The van der Waals surface area contributed by atoms with Gasteiger partial charge < -0.3 is 15.8 Å². The van der Waals surface area contributed by atoms with Gasteiger partial charge in [0.2, 0.25) is 0 Å². The molecule has 0 radical (unpaired) electrons. The molecule has 1 fully saturated rings. The average molecular weight is 299 g/mol. The quantitative estimate of drug-likeness (QED) is 0.649. The number of benzene rings is 1. The molecule has 1 amide bonds. The third-order valence-electron chi connectivity index (χ3n) is 3.50. The predicted molar refractivity (Wildman–Crippen MR) is 83.3 cm³/mol. The number of nitrogens with one attached hydrogen (secondary N) is 1. The number of anilines is 1. The monoisotopic (exact) mass is 298 g/mol. The number of para-hydroxylation sites is 1. The summed E-state index contributed by atoms with van der Waals surface area (Å²) in [5, 5.41) is 2.84. The van der Waals surface area contributed by atoms with Gasteiger partial charge in [-0.15, -0.1) is 12.4 Å². The lowest BCUT2D eigenvalue weighted by molar-refractivity contribution is 0.0299. The van der Waals surface area contributed by atoms with Gasteiger partial charge in [-0.05, 0) is 25.0 Å². The molecule has 0 atom stereocenters. The van der Waals surface area contributed by atoms with E-state index in [9.17, 15) is 4.79 Å². The van der Waals surface area contributed by atoms with E-state index in [0.717, 1.165) is 12.8 Å². The van der Waals surface area contributed by atoms with Gasteiger partial charge in [-0.3, -0.25) is 4.79 Å². The van der Waals surface area contributed by atoms with Crippen molar-refractivity contribution in [2.45, 2.75) is 38.2 Å². The molecule has 0 bridgehead atoms. The zero-order valence-electron chi connectivity index (χ0n) is 11.6. The highest BCUT2D eigenvalue weighted by molar-refractivity contribution is 5.99. The number of carbonyl (C=O) groups excluding carboxylic acids is 1. The second-order valence-electron chi connectivity index (χ2n) is 4.97. The Balaban J connectivity index is 0.00000200. The molecule has 0 spiro atoms. The highest BCUT2D eigenvalue weighted by Crippen LogP contribution is 2.19. The van der Waals surface area contributed by atoms with Crippen LogP contribution < -0.4 is 11.1 Å². The molecular weight excluding hydrogens is 276 g/mol. The van der Waals surface area contributed by atoms with Crippen LogP contribution in [0.3, 0.4) is 0 Å². The minimum Gasteiger partial charge on any atom is -0.398 e. The first-order valence-corrected chi connectivity index (χ1v) is 7.01. The first-order valence-electron chi connectivity index (χ1n) is 7.01. The predicted octanol–water partition coefficient (Wildman–Crippen LogP) is 2.77. The lowest BCUT2D eigenvalue weighted by atomic mass is 9.98. The maximum absolute atomic E-state index is 11.9. The molecule has 112 valence electrons. The van der Waals surface area contributed by atoms with Crippen LogP contribution in [0.25, 0.3) is 0 Å². The fourth-order valence-corrected chi connectivity index (χ4v) is 2.42. The van der Waals surface area contributed by atoms with Gasteiger partial charge in [-0.2, -0.15) is 0 Å². The topological polar surface area (TPSA) is 64.4 Å². The smallest absolute Gasteiger partial charge is 0.253 e. The van der Waals surface area contributed by atoms with Gasteiger partial charge in [0.25, 0.3) is 5.91 Å².